The van der Waals surface area contributed by atoms with E-state index in [-0.39, 0.29) is 29.8 Å². The molecule has 0 saturated heterocycles. The van der Waals surface area contributed by atoms with Crippen LogP contribution in [0.1, 0.15) is 150 Å². The summed E-state index contributed by atoms with van der Waals surface area (Å²) in [6.07, 6.45) is 14.1. The normalized spacial score (nSPS) is 12.2. The molecule has 0 amide bonds. The number of benzene rings is 3. The topological polar surface area (TPSA) is 165 Å². The lowest BCUT2D eigenvalue weighted by Gasteiger charge is -2.15. The van der Waals surface area contributed by atoms with Gasteiger partial charge in [-0.2, -0.15) is 15.0 Å². The van der Waals surface area contributed by atoms with Gasteiger partial charge < -0.3 is 30.5 Å². The molecule has 60 heavy (non-hydrogen) atoms. The Hall–Kier alpha value is -5.36. The fraction of sp³-hybridized carbons (Fsp3) is 0.500. The van der Waals surface area contributed by atoms with Crippen LogP contribution in [0.25, 0.3) is 0 Å². The molecule has 0 saturated carbocycles. The van der Waals surface area contributed by atoms with Crippen LogP contribution in [0.2, 0.25) is 0 Å². The number of hydrogen-bond donors (Lipinski definition) is 4. The average molecular weight is 825 g/mol. The number of aliphatic hydroxyl groups is 1. The van der Waals surface area contributed by atoms with Crippen LogP contribution in [0.4, 0.5) is 34.9 Å². The molecule has 3 unspecified atom stereocenters. The fourth-order valence-corrected chi connectivity index (χ4v) is 6.22. The number of hydrogen-bond acceptors (Lipinski definition) is 12. The summed E-state index contributed by atoms with van der Waals surface area (Å²) in [7, 11) is 0. The maximum absolute atomic E-state index is 12.7. The van der Waals surface area contributed by atoms with E-state index < -0.39 is 0 Å². The first-order valence-electron chi connectivity index (χ1n) is 22.0. The highest BCUT2D eigenvalue weighted by Crippen LogP contribution is 2.23. The van der Waals surface area contributed by atoms with Crippen LogP contribution >= 0.6 is 0 Å². The number of unbranched alkanes of at least 4 members (excludes halogenated alkanes) is 3. The number of ether oxygens (including phenoxy) is 2. The quantitative estimate of drug-likeness (QED) is 0.0350. The summed E-state index contributed by atoms with van der Waals surface area (Å²) in [6.45, 7) is 14.1. The fourth-order valence-electron chi connectivity index (χ4n) is 6.22. The SMILES string of the molecule is CCCCC(CC)CO.CCCCC(CC)COC(=O)c1ccc(Nc2nc(Nc3ccc(C=O)cc3)nc(Nc3ccc(C(=O)OCC(CC)CCCC)cc3)n2)cc1. The van der Waals surface area contributed by atoms with E-state index in [1.165, 1.54) is 19.3 Å². The van der Waals surface area contributed by atoms with Crippen LogP contribution in [-0.4, -0.2) is 58.1 Å². The first kappa shape index (κ1) is 49.0. The predicted octanol–water partition coefficient (Wildman–Crippen LogP) is 11.9. The highest BCUT2D eigenvalue weighted by atomic mass is 16.5. The van der Waals surface area contributed by atoms with E-state index in [0.29, 0.717) is 71.3 Å². The number of aldehydes is 1. The smallest absolute Gasteiger partial charge is 0.338 e. The Morgan fingerprint density at radius 1 is 0.550 bits per heavy atom. The van der Waals surface area contributed by atoms with Crippen molar-refractivity contribution in [3.63, 3.8) is 0 Å². The van der Waals surface area contributed by atoms with Gasteiger partial charge in [0.05, 0.1) is 24.3 Å². The van der Waals surface area contributed by atoms with Gasteiger partial charge in [-0.25, -0.2) is 9.59 Å². The van der Waals surface area contributed by atoms with Crippen LogP contribution in [0.3, 0.4) is 0 Å². The van der Waals surface area contributed by atoms with E-state index >= 15 is 0 Å². The number of rotatable bonds is 26. The Bertz CT molecular complexity index is 1720. The molecule has 12 nitrogen and oxygen atoms in total. The lowest BCUT2D eigenvalue weighted by molar-refractivity contribution is 0.0419. The molecular weight excluding hydrogens is 757 g/mol. The van der Waals surface area contributed by atoms with Gasteiger partial charge in [0.25, 0.3) is 0 Å². The first-order chi connectivity index (χ1) is 29.2. The Kier molecular flexibility index (Phi) is 23.0. The summed E-state index contributed by atoms with van der Waals surface area (Å²) in [5.74, 6) is 1.30. The molecule has 0 fully saturated rings. The van der Waals surface area contributed by atoms with Crippen molar-refractivity contribution in [1.29, 1.82) is 0 Å². The van der Waals surface area contributed by atoms with E-state index in [4.69, 9.17) is 14.6 Å². The summed E-state index contributed by atoms with van der Waals surface area (Å²) >= 11 is 0. The molecule has 4 N–H and O–H groups in total. The minimum absolute atomic E-state index is 0.241. The van der Waals surface area contributed by atoms with Gasteiger partial charge >= 0.3 is 11.9 Å². The monoisotopic (exact) mass is 825 g/mol. The van der Waals surface area contributed by atoms with Crippen LogP contribution in [0, 0.1) is 17.8 Å². The number of anilines is 6. The van der Waals surface area contributed by atoms with Crippen LogP contribution in [0.5, 0.6) is 0 Å². The van der Waals surface area contributed by atoms with Gasteiger partial charge in [-0.05, 0) is 110 Å². The molecule has 0 radical (unpaired) electrons. The largest absolute Gasteiger partial charge is 0.462 e. The number of nitrogens with one attached hydrogen (secondary N) is 3. The molecule has 4 aromatic rings. The second-order valence-corrected chi connectivity index (χ2v) is 15.2. The highest BCUT2D eigenvalue weighted by molar-refractivity contribution is 5.90. The molecular formula is C48H68N6O6. The Morgan fingerprint density at radius 3 is 1.18 bits per heavy atom. The van der Waals surface area contributed by atoms with Crippen LogP contribution in [0.15, 0.2) is 72.8 Å². The molecule has 1 heterocycles. The summed E-state index contributed by atoms with van der Waals surface area (Å²) in [6, 6.07) is 20.7. The zero-order valence-corrected chi connectivity index (χ0v) is 36.7. The van der Waals surface area contributed by atoms with Gasteiger partial charge in [-0.1, -0.05) is 99.3 Å². The number of carbonyl (C=O) groups excluding carboxylic acids is 3. The molecule has 3 atom stereocenters. The minimum atomic E-state index is -0.355. The van der Waals surface area contributed by atoms with Gasteiger partial charge in [-0.3, -0.25) is 4.79 Å². The molecule has 326 valence electrons. The molecule has 0 aliphatic heterocycles. The minimum Gasteiger partial charge on any atom is -0.462 e. The van der Waals surface area contributed by atoms with Crippen molar-refractivity contribution in [3.8, 4) is 0 Å². The van der Waals surface area contributed by atoms with E-state index in [9.17, 15) is 14.4 Å². The summed E-state index contributed by atoms with van der Waals surface area (Å²) in [4.78, 5) is 50.2. The van der Waals surface area contributed by atoms with Gasteiger partial charge in [0.15, 0.2) is 0 Å². The maximum atomic E-state index is 12.7. The lowest BCUT2D eigenvalue weighted by atomic mass is 10.0. The van der Waals surface area contributed by atoms with Crippen molar-refractivity contribution in [2.45, 2.75) is 119 Å². The molecule has 0 aliphatic rings. The van der Waals surface area contributed by atoms with E-state index in [1.807, 2.05) is 0 Å². The number of carbonyl (C=O) groups is 3. The van der Waals surface area contributed by atoms with Crippen molar-refractivity contribution >= 4 is 53.1 Å². The van der Waals surface area contributed by atoms with Crippen molar-refractivity contribution in [1.82, 2.24) is 15.0 Å². The van der Waals surface area contributed by atoms with Gasteiger partial charge in [0.2, 0.25) is 17.8 Å². The lowest BCUT2D eigenvalue weighted by Crippen LogP contribution is -2.14. The molecule has 0 bridgehead atoms. The van der Waals surface area contributed by atoms with Crippen molar-refractivity contribution in [3.05, 3.63) is 89.5 Å². The van der Waals surface area contributed by atoms with Crippen molar-refractivity contribution < 1.29 is 29.0 Å². The number of nitrogens with zero attached hydrogens (tertiary/aromatic N) is 3. The molecule has 0 spiro atoms. The summed E-state index contributed by atoms with van der Waals surface area (Å²) in [5.41, 5.74) is 3.45. The average Bonchev–Trinajstić information content (AvgIpc) is 3.27. The van der Waals surface area contributed by atoms with Gasteiger partial charge in [0.1, 0.15) is 6.29 Å². The zero-order valence-electron chi connectivity index (χ0n) is 36.7. The van der Waals surface area contributed by atoms with Crippen LogP contribution < -0.4 is 16.0 Å². The van der Waals surface area contributed by atoms with E-state index in [1.54, 1.807) is 72.8 Å². The third-order valence-corrected chi connectivity index (χ3v) is 10.5. The third-order valence-electron chi connectivity index (χ3n) is 10.5. The Balaban J connectivity index is 0.000000954. The third kappa shape index (κ3) is 17.9. The molecule has 3 aromatic carbocycles. The Morgan fingerprint density at radius 2 is 0.883 bits per heavy atom. The maximum Gasteiger partial charge on any atom is 0.338 e. The number of aromatic nitrogens is 3. The highest BCUT2D eigenvalue weighted by Gasteiger charge is 2.15. The standard InChI is InChI=1S/C40H50N6O5.C8H18O/c1-5-9-11-28(7-3)26-50-36(48)31-15-21-34(22-16-31)42-39-44-38(41-33-19-13-30(25-47)14-20-33)45-40(46-39)43-35-23-17-32(18-24-35)37(49)51-27-29(8-4)12-10-6-2;1-3-5-6-8(4-2)7-9/h13-25,28-29H,5-12,26-27H2,1-4H3,(H3,41,42,43,44,45,46);8-9H,3-7H2,1-2H3. The van der Waals surface area contributed by atoms with Gasteiger partial charge in [-0.15, -0.1) is 0 Å². The molecule has 12 heteroatoms. The van der Waals surface area contributed by atoms with Gasteiger partial charge in [0, 0.05) is 29.2 Å². The van der Waals surface area contributed by atoms with E-state index in [2.05, 4.69) is 72.4 Å². The molecule has 1 aromatic heterocycles. The second-order valence-electron chi connectivity index (χ2n) is 15.2. The molecule has 4 rings (SSSR count). The summed E-state index contributed by atoms with van der Waals surface area (Å²) < 4.78 is 11.2. The number of aliphatic hydroxyl groups excluding tert-OH is 1. The van der Waals surface area contributed by atoms with Crippen molar-refractivity contribution in [2.75, 3.05) is 35.8 Å². The second kappa shape index (κ2) is 28.2. The number of esters is 2. The van der Waals surface area contributed by atoms with E-state index in [0.717, 1.165) is 64.1 Å². The van der Waals surface area contributed by atoms with Crippen LogP contribution in [-0.2, 0) is 9.47 Å². The Labute approximate surface area is 357 Å². The zero-order chi connectivity index (χ0) is 43.5. The van der Waals surface area contributed by atoms with Crippen molar-refractivity contribution in [2.24, 2.45) is 17.8 Å². The predicted molar refractivity (Wildman–Crippen MR) is 242 cm³/mol. The molecule has 0 aliphatic carbocycles. The summed E-state index contributed by atoms with van der Waals surface area (Å²) in [5, 5.41) is 18.3. The first-order valence-corrected chi connectivity index (χ1v) is 22.0.